The van der Waals surface area contributed by atoms with Gasteiger partial charge in [0, 0.05) is 25.8 Å². The van der Waals surface area contributed by atoms with E-state index in [1.807, 2.05) is 24.4 Å². The third kappa shape index (κ3) is 3.89. The molecule has 26 heavy (non-hydrogen) atoms. The first kappa shape index (κ1) is 16.7. The van der Waals surface area contributed by atoms with Crippen molar-refractivity contribution in [2.75, 3.05) is 13.1 Å². The Kier molecular flexibility index (Phi) is 4.89. The van der Waals surface area contributed by atoms with Crippen molar-refractivity contribution in [3.8, 4) is 11.1 Å². The van der Waals surface area contributed by atoms with Gasteiger partial charge >= 0.3 is 0 Å². The monoisotopic (exact) mass is 344 g/mol. The lowest BCUT2D eigenvalue weighted by Crippen LogP contribution is -2.28. The summed E-state index contributed by atoms with van der Waals surface area (Å²) < 4.78 is 13.1. The lowest BCUT2D eigenvalue weighted by Gasteiger charge is -2.26. The molecule has 0 spiro atoms. The Hall–Kier alpha value is -2.78. The van der Waals surface area contributed by atoms with Crippen LogP contribution < -0.4 is 0 Å². The molecule has 0 amide bonds. The van der Waals surface area contributed by atoms with Crippen molar-refractivity contribution in [3.63, 3.8) is 0 Å². The van der Waals surface area contributed by atoms with Crippen LogP contribution in [0.3, 0.4) is 0 Å². The number of aromatic nitrogens is 1. The molecule has 0 bridgehead atoms. The summed E-state index contributed by atoms with van der Waals surface area (Å²) in [6, 6.07) is 21.3. The van der Waals surface area contributed by atoms with Crippen LogP contribution in [0.25, 0.3) is 16.7 Å². The molecule has 1 aliphatic rings. The summed E-state index contributed by atoms with van der Waals surface area (Å²) in [6.07, 6.45) is 5.22. The van der Waals surface area contributed by atoms with Gasteiger partial charge in [0.05, 0.1) is 5.69 Å². The Bertz CT molecular complexity index is 901. The van der Waals surface area contributed by atoms with Gasteiger partial charge in [-0.2, -0.15) is 0 Å². The average Bonchev–Trinajstić information content (AvgIpc) is 2.70. The molecule has 0 aliphatic carbocycles. The normalized spacial score (nSPS) is 14.9. The number of pyridine rings is 1. The molecule has 130 valence electrons. The summed E-state index contributed by atoms with van der Waals surface area (Å²) in [7, 11) is 0. The van der Waals surface area contributed by atoms with Gasteiger partial charge in [-0.15, -0.1) is 0 Å². The van der Waals surface area contributed by atoms with Gasteiger partial charge in [0.2, 0.25) is 0 Å². The molecule has 4 rings (SSSR count). The van der Waals surface area contributed by atoms with E-state index in [1.165, 1.54) is 23.3 Å². The van der Waals surface area contributed by atoms with Crippen LogP contribution in [0.1, 0.15) is 17.7 Å². The Morgan fingerprint density at radius 2 is 1.69 bits per heavy atom. The van der Waals surface area contributed by atoms with Crippen LogP contribution in [-0.2, 0) is 6.54 Å². The summed E-state index contributed by atoms with van der Waals surface area (Å²) in [5.74, 6) is -0.211. The van der Waals surface area contributed by atoms with Gasteiger partial charge in [-0.1, -0.05) is 48.5 Å². The first-order chi connectivity index (χ1) is 12.8. The highest BCUT2D eigenvalue weighted by molar-refractivity contribution is 5.66. The fourth-order valence-electron chi connectivity index (χ4n) is 3.38. The Morgan fingerprint density at radius 1 is 0.885 bits per heavy atom. The molecule has 2 nitrogen and oxygen atoms in total. The van der Waals surface area contributed by atoms with Crippen molar-refractivity contribution in [1.82, 2.24) is 9.88 Å². The molecule has 2 aromatic carbocycles. The van der Waals surface area contributed by atoms with Gasteiger partial charge < -0.3 is 0 Å². The smallest absolute Gasteiger partial charge is 0.123 e. The second-order valence-electron chi connectivity index (χ2n) is 6.62. The van der Waals surface area contributed by atoms with Gasteiger partial charge in [-0.3, -0.25) is 9.88 Å². The van der Waals surface area contributed by atoms with Crippen LogP contribution in [0, 0.1) is 5.82 Å². The van der Waals surface area contributed by atoms with Gasteiger partial charge in [0.25, 0.3) is 0 Å². The summed E-state index contributed by atoms with van der Waals surface area (Å²) >= 11 is 0. The standard InChI is InChI=1S/C23H21FN2/c24-22-8-6-19(7-9-22)21-10-13-25-23(16-21)17-26-14-11-20(12-15-26)18-4-2-1-3-5-18/h1-11,13,16H,12,14-15,17H2. The van der Waals surface area contributed by atoms with E-state index in [1.54, 1.807) is 0 Å². The van der Waals surface area contributed by atoms with Crippen LogP contribution in [0.4, 0.5) is 4.39 Å². The molecule has 1 aromatic heterocycles. The minimum atomic E-state index is -0.211. The minimum absolute atomic E-state index is 0.211. The molecule has 3 aromatic rings. The molecule has 1 aliphatic heterocycles. The Morgan fingerprint density at radius 3 is 2.42 bits per heavy atom. The van der Waals surface area contributed by atoms with Crippen LogP contribution in [0.2, 0.25) is 0 Å². The van der Waals surface area contributed by atoms with Crippen molar-refractivity contribution in [2.24, 2.45) is 0 Å². The molecule has 2 heterocycles. The summed E-state index contributed by atoms with van der Waals surface area (Å²) in [5.41, 5.74) is 5.88. The molecule has 0 saturated heterocycles. The highest BCUT2D eigenvalue weighted by Crippen LogP contribution is 2.24. The van der Waals surface area contributed by atoms with Crippen molar-refractivity contribution in [3.05, 3.63) is 96.1 Å². The molecule has 0 saturated carbocycles. The molecule has 0 N–H and O–H groups in total. The van der Waals surface area contributed by atoms with E-state index in [-0.39, 0.29) is 5.82 Å². The van der Waals surface area contributed by atoms with Crippen LogP contribution in [-0.4, -0.2) is 23.0 Å². The number of nitrogens with zero attached hydrogens (tertiary/aromatic N) is 2. The third-order valence-corrected chi connectivity index (χ3v) is 4.82. The molecular formula is C23H21FN2. The fraction of sp³-hybridized carbons (Fsp3) is 0.174. The number of hydrogen-bond acceptors (Lipinski definition) is 2. The van der Waals surface area contributed by atoms with E-state index in [4.69, 9.17) is 0 Å². The van der Waals surface area contributed by atoms with Crippen molar-refractivity contribution >= 4 is 5.57 Å². The SMILES string of the molecule is Fc1ccc(-c2ccnc(CN3CC=C(c4ccccc4)CC3)c2)cc1. The number of hydrogen-bond donors (Lipinski definition) is 0. The van der Waals surface area contributed by atoms with E-state index in [2.05, 4.69) is 52.4 Å². The van der Waals surface area contributed by atoms with Crippen molar-refractivity contribution in [1.29, 1.82) is 0 Å². The third-order valence-electron chi connectivity index (χ3n) is 4.82. The maximum atomic E-state index is 13.1. The van der Waals surface area contributed by atoms with E-state index in [0.717, 1.165) is 42.9 Å². The lowest BCUT2D eigenvalue weighted by molar-refractivity contribution is 0.290. The topological polar surface area (TPSA) is 16.1 Å². The van der Waals surface area contributed by atoms with Crippen LogP contribution >= 0.6 is 0 Å². The quantitative estimate of drug-likeness (QED) is 0.648. The molecule has 3 heteroatoms. The van der Waals surface area contributed by atoms with Gasteiger partial charge in [-0.05, 0) is 52.9 Å². The lowest BCUT2D eigenvalue weighted by atomic mass is 9.99. The van der Waals surface area contributed by atoms with Crippen LogP contribution in [0.15, 0.2) is 79.0 Å². The zero-order chi connectivity index (χ0) is 17.8. The Labute approximate surface area is 153 Å². The fourth-order valence-corrected chi connectivity index (χ4v) is 3.38. The second-order valence-corrected chi connectivity index (χ2v) is 6.62. The van der Waals surface area contributed by atoms with E-state index in [9.17, 15) is 4.39 Å². The summed E-state index contributed by atoms with van der Waals surface area (Å²) in [6.45, 7) is 2.80. The van der Waals surface area contributed by atoms with Crippen molar-refractivity contribution in [2.45, 2.75) is 13.0 Å². The number of benzene rings is 2. The molecule has 0 fully saturated rings. The molecular weight excluding hydrogens is 323 g/mol. The zero-order valence-corrected chi connectivity index (χ0v) is 14.6. The first-order valence-corrected chi connectivity index (χ1v) is 8.95. The van der Waals surface area contributed by atoms with Gasteiger partial charge in [-0.25, -0.2) is 4.39 Å². The summed E-state index contributed by atoms with van der Waals surface area (Å²) in [5, 5.41) is 0. The Balaban J connectivity index is 1.45. The van der Waals surface area contributed by atoms with Crippen LogP contribution in [0.5, 0.6) is 0 Å². The second kappa shape index (κ2) is 7.63. The predicted octanol–water partition coefficient (Wildman–Crippen LogP) is 5.18. The first-order valence-electron chi connectivity index (χ1n) is 8.95. The zero-order valence-electron chi connectivity index (χ0n) is 14.6. The van der Waals surface area contributed by atoms with E-state index < -0.39 is 0 Å². The largest absolute Gasteiger partial charge is 0.294 e. The van der Waals surface area contributed by atoms with Gasteiger partial charge in [0.15, 0.2) is 0 Å². The van der Waals surface area contributed by atoms with E-state index in [0.29, 0.717) is 0 Å². The van der Waals surface area contributed by atoms with E-state index >= 15 is 0 Å². The summed E-state index contributed by atoms with van der Waals surface area (Å²) in [4.78, 5) is 6.92. The minimum Gasteiger partial charge on any atom is -0.294 e. The highest BCUT2D eigenvalue weighted by Gasteiger charge is 2.14. The maximum Gasteiger partial charge on any atom is 0.123 e. The average molecular weight is 344 g/mol. The molecule has 0 atom stereocenters. The number of halogens is 1. The molecule has 0 unspecified atom stereocenters. The van der Waals surface area contributed by atoms with Gasteiger partial charge in [0.1, 0.15) is 5.82 Å². The number of rotatable bonds is 4. The predicted molar refractivity (Wildman–Crippen MR) is 104 cm³/mol. The maximum absolute atomic E-state index is 13.1. The van der Waals surface area contributed by atoms with Crippen molar-refractivity contribution < 1.29 is 4.39 Å². The molecule has 0 radical (unpaired) electrons. The highest BCUT2D eigenvalue weighted by atomic mass is 19.1.